The number of benzene rings is 1. The van der Waals surface area contributed by atoms with Crippen LogP contribution in [0.25, 0.3) is 0 Å². The van der Waals surface area contributed by atoms with Crippen LogP contribution in [0.15, 0.2) is 41.0 Å². The number of rotatable bonds is 8. The molecule has 0 bridgehead atoms. The number of nitrogens with zero attached hydrogens (tertiary/aromatic N) is 1. The highest BCUT2D eigenvalue weighted by Crippen LogP contribution is 2.31. The lowest BCUT2D eigenvalue weighted by atomic mass is 9.89. The van der Waals surface area contributed by atoms with Gasteiger partial charge in [0, 0.05) is 41.5 Å². The highest BCUT2D eigenvalue weighted by Gasteiger charge is 2.36. The minimum Gasteiger partial charge on any atom is -0.350 e. The molecule has 0 saturated heterocycles. The second-order valence-corrected chi connectivity index (χ2v) is 9.29. The van der Waals surface area contributed by atoms with Crippen molar-refractivity contribution in [3.8, 4) is 0 Å². The molecule has 29 heavy (non-hydrogen) atoms. The van der Waals surface area contributed by atoms with E-state index in [9.17, 15) is 4.79 Å². The van der Waals surface area contributed by atoms with Gasteiger partial charge in [-0.25, -0.2) is 0 Å². The topological polar surface area (TPSA) is 53.5 Å². The zero-order valence-corrected chi connectivity index (χ0v) is 17.8. The molecule has 2 aliphatic carbocycles. The van der Waals surface area contributed by atoms with E-state index in [0.29, 0.717) is 12.0 Å². The van der Waals surface area contributed by atoms with Crippen molar-refractivity contribution in [2.24, 2.45) is 10.9 Å². The van der Waals surface area contributed by atoms with Crippen molar-refractivity contribution < 1.29 is 4.79 Å². The summed E-state index contributed by atoms with van der Waals surface area (Å²) in [6.45, 7) is 2.90. The summed E-state index contributed by atoms with van der Waals surface area (Å²) >= 11 is 0. The lowest BCUT2D eigenvalue weighted by Gasteiger charge is -2.34. The van der Waals surface area contributed by atoms with Gasteiger partial charge in [0.25, 0.3) is 5.91 Å². The summed E-state index contributed by atoms with van der Waals surface area (Å²) in [7, 11) is 0. The largest absolute Gasteiger partial charge is 0.350 e. The lowest BCUT2D eigenvalue weighted by molar-refractivity contribution is 0.0934. The molecule has 4 heteroatoms. The summed E-state index contributed by atoms with van der Waals surface area (Å²) in [6.07, 6.45) is 16.3. The van der Waals surface area contributed by atoms with E-state index in [1.807, 2.05) is 18.3 Å². The van der Waals surface area contributed by atoms with Gasteiger partial charge in [0.2, 0.25) is 0 Å². The molecule has 0 spiro atoms. The SMILES string of the molecule is CC1C=NC(CCc2ccc(C(=O)NCC3(NC4CC4)CCCCCC3)cc2)=C1. The number of nitrogens with one attached hydrogen (secondary N) is 2. The van der Waals surface area contributed by atoms with Gasteiger partial charge in [-0.1, -0.05) is 50.8 Å². The van der Waals surface area contributed by atoms with Crippen LogP contribution in [0.4, 0.5) is 0 Å². The number of carbonyl (C=O) groups is 1. The molecule has 1 aromatic carbocycles. The molecule has 2 saturated carbocycles. The fourth-order valence-corrected chi connectivity index (χ4v) is 4.64. The van der Waals surface area contributed by atoms with Crippen LogP contribution >= 0.6 is 0 Å². The van der Waals surface area contributed by atoms with Gasteiger partial charge in [0.05, 0.1) is 0 Å². The fraction of sp³-hybridized carbons (Fsp3) is 0.600. The third-order valence-corrected chi connectivity index (χ3v) is 6.55. The molecule has 4 rings (SSSR count). The van der Waals surface area contributed by atoms with Gasteiger partial charge < -0.3 is 10.6 Å². The Bertz CT molecular complexity index is 753. The van der Waals surface area contributed by atoms with Crippen molar-refractivity contribution in [3.63, 3.8) is 0 Å². The summed E-state index contributed by atoms with van der Waals surface area (Å²) < 4.78 is 0. The molecule has 2 N–H and O–H groups in total. The Morgan fingerprint density at radius 2 is 1.79 bits per heavy atom. The van der Waals surface area contributed by atoms with Crippen LogP contribution in [0, 0.1) is 5.92 Å². The average molecular weight is 394 g/mol. The van der Waals surface area contributed by atoms with Crippen molar-refractivity contribution in [2.75, 3.05) is 6.54 Å². The second-order valence-electron chi connectivity index (χ2n) is 9.29. The van der Waals surface area contributed by atoms with E-state index < -0.39 is 0 Å². The van der Waals surface area contributed by atoms with Crippen LogP contribution in [-0.4, -0.2) is 30.2 Å². The zero-order valence-electron chi connectivity index (χ0n) is 17.8. The summed E-state index contributed by atoms with van der Waals surface area (Å²) in [4.78, 5) is 17.2. The fourth-order valence-electron chi connectivity index (χ4n) is 4.64. The Kier molecular flexibility index (Phi) is 6.49. The second kappa shape index (κ2) is 9.25. The summed E-state index contributed by atoms with van der Waals surface area (Å²) in [5.41, 5.74) is 3.29. The van der Waals surface area contributed by atoms with Crippen molar-refractivity contribution in [1.82, 2.24) is 10.6 Å². The predicted molar refractivity (Wildman–Crippen MR) is 119 cm³/mol. The van der Waals surface area contributed by atoms with E-state index >= 15 is 0 Å². The highest BCUT2D eigenvalue weighted by atomic mass is 16.1. The van der Waals surface area contributed by atoms with Gasteiger partial charge >= 0.3 is 0 Å². The number of hydrogen-bond donors (Lipinski definition) is 2. The molecular formula is C25H35N3O. The van der Waals surface area contributed by atoms with Crippen LogP contribution in [0.2, 0.25) is 0 Å². The van der Waals surface area contributed by atoms with E-state index in [1.54, 1.807) is 0 Å². The Morgan fingerprint density at radius 3 is 2.41 bits per heavy atom. The Hall–Kier alpha value is -1.94. The van der Waals surface area contributed by atoms with Crippen LogP contribution in [-0.2, 0) is 6.42 Å². The first-order valence-corrected chi connectivity index (χ1v) is 11.5. The maximum Gasteiger partial charge on any atom is 0.251 e. The smallest absolute Gasteiger partial charge is 0.251 e. The Labute approximate surface area is 175 Å². The maximum atomic E-state index is 12.8. The Morgan fingerprint density at radius 1 is 1.07 bits per heavy atom. The first-order valence-electron chi connectivity index (χ1n) is 11.5. The van der Waals surface area contributed by atoms with Crippen LogP contribution in [0.5, 0.6) is 0 Å². The molecule has 1 unspecified atom stereocenters. The van der Waals surface area contributed by atoms with Crippen molar-refractivity contribution in [2.45, 2.75) is 82.7 Å². The van der Waals surface area contributed by atoms with E-state index in [4.69, 9.17) is 0 Å². The highest BCUT2D eigenvalue weighted by molar-refractivity contribution is 5.94. The van der Waals surface area contributed by atoms with Gasteiger partial charge in [0.1, 0.15) is 0 Å². The molecule has 1 amide bonds. The third-order valence-electron chi connectivity index (χ3n) is 6.55. The molecule has 3 aliphatic rings. The average Bonchev–Trinajstić information content (AvgIpc) is 3.49. The minimum atomic E-state index is 0.0506. The molecule has 0 radical (unpaired) electrons. The first-order chi connectivity index (χ1) is 14.1. The lowest BCUT2D eigenvalue weighted by Crippen LogP contribution is -2.54. The van der Waals surface area contributed by atoms with E-state index in [1.165, 1.54) is 62.6 Å². The van der Waals surface area contributed by atoms with Crippen LogP contribution in [0.3, 0.4) is 0 Å². The number of allylic oxidation sites excluding steroid dienone is 2. The number of amides is 1. The number of hydrogen-bond acceptors (Lipinski definition) is 3. The molecule has 1 heterocycles. The van der Waals surface area contributed by atoms with E-state index in [0.717, 1.165) is 24.9 Å². The molecule has 1 aromatic rings. The normalized spacial score (nSPS) is 23.5. The molecular weight excluding hydrogens is 358 g/mol. The number of carbonyl (C=O) groups excluding carboxylic acids is 1. The molecule has 1 aliphatic heterocycles. The van der Waals surface area contributed by atoms with Gasteiger partial charge in [-0.05, 0) is 56.2 Å². The monoisotopic (exact) mass is 393 g/mol. The molecule has 2 fully saturated rings. The van der Waals surface area contributed by atoms with Crippen molar-refractivity contribution in [3.05, 3.63) is 47.2 Å². The van der Waals surface area contributed by atoms with Crippen LogP contribution in [0.1, 0.15) is 80.6 Å². The quantitative estimate of drug-likeness (QED) is 0.624. The number of aliphatic imine (C=N–C) groups is 1. The molecule has 4 nitrogen and oxygen atoms in total. The Balaban J connectivity index is 1.30. The van der Waals surface area contributed by atoms with Crippen molar-refractivity contribution in [1.29, 1.82) is 0 Å². The van der Waals surface area contributed by atoms with Gasteiger partial charge in [0.15, 0.2) is 0 Å². The van der Waals surface area contributed by atoms with Gasteiger partial charge in [-0.15, -0.1) is 0 Å². The first kappa shape index (κ1) is 20.3. The minimum absolute atomic E-state index is 0.0506. The maximum absolute atomic E-state index is 12.8. The predicted octanol–water partition coefficient (Wildman–Crippen LogP) is 4.80. The van der Waals surface area contributed by atoms with E-state index in [-0.39, 0.29) is 11.4 Å². The molecule has 1 atom stereocenters. The van der Waals surface area contributed by atoms with Crippen molar-refractivity contribution >= 4 is 12.1 Å². The standard InChI is InChI=1S/C25H35N3O/c1-19-16-23(26-17-19)11-8-20-6-9-21(10-7-20)24(29)27-18-25(28-22-12-13-22)14-4-2-3-5-15-25/h6-7,9-10,16-17,19,22,28H,2-5,8,11-15,18H2,1H3,(H,27,29). The summed E-state index contributed by atoms with van der Waals surface area (Å²) in [6, 6.07) is 8.77. The summed E-state index contributed by atoms with van der Waals surface area (Å²) in [5.74, 6) is 0.511. The van der Waals surface area contributed by atoms with Crippen LogP contribution < -0.4 is 10.6 Å². The molecule has 156 valence electrons. The van der Waals surface area contributed by atoms with E-state index in [2.05, 4.69) is 40.8 Å². The summed E-state index contributed by atoms with van der Waals surface area (Å²) in [5, 5.41) is 7.12. The zero-order chi connectivity index (χ0) is 20.1. The van der Waals surface area contributed by atoms with Gasteiger partial charge in [-0.2, -0.15) is 0 Å². The number of aryl methyl sites for hydroxylation is 1. The third kappa shape index (κ3) is 5.79. The molecule has 0 aromatic heterocycles. The van der Waals surface area contributed by atoms with Gasteiger partial charge in [-0.3, -0.25) is 9.79 Å².